The molecule has 132 valence electrons. The molecule has 0 spiro atoms. The van der Waals surface area contributed by atoms with E-state index in [1.54, 1.807) is 23.0 Å². The number of nitrogens with zero attached hydrogens (tertiary/aromatic N) is 1. The first-order chi connectivity index (χ1) is 11.5. The number of rotatable bonds is 7. The van der Waals surface area contributed by atoms with Crippen LogP contribution in [0.2, 0.25) is 0 Å². The highest BCUT2D eigenvalue weighted by Crippen LogP contribution is 2.35. The van der Waals surface area contributed by atoms with Crippen molar-refractivity contribution in [2.24, 2.45) is 0 Å². The maximum Gasteiger partial charge on any atom is 0.251 e. The van der Waals surface area contributed by atoms with Gasteiger partial charge in [-0.25, -0.2) is 0 Å². The Hall–Kier alpha value is -1.44. The smallest absolute Gasteiger partial charge is 0.251 e. The third-order valence-electron chi connectivity index (χ3n) is 3.26. The third kappa shape index (κ3) is 4.15. The van der Waals surface area contributed by atoms with Crippen LogP contribution in [0.3, 0.4) is 0 Å². The van der Waals surface area contributed by atoms with Crippen LogP contribution in [0, 0.1) is 4.77 Å². The van der Waals surface area contributed by atoms with Gasteiger partial charge in [-0.15, -0.1) is 0 Å². The number of hydrogen-bond donors (Lipinski definition) is 2. The van der Waals surface area contributed by atoms with Gasteiger partial charge in [0.05, 0.1) is 7.11 Å². The Kier molecular flexibility index (Phi) is 6.77. The Bertz CT molecular complexity index is 746. The van der Waals surface area contributed by atoms with E-state index < -0.39 is 12.3 Å². The second kappa shape index (κ2) is 8.60. The summed E-state index contributed by atoms with van der Waals surface area (Å²) in [6, 6.07) is 1.31. The number of likely N-dealkylation sites (N-methyl/N-ethyl adjacent to an activating group) is 1. The number of ether oxygens (including phenoxy) is 3. The lowest BCUT2D eigenvalue weighted by molar-refractivity contribution is -0.130. The van der Waals surface area contributed by atoms with Crippen LogP contribution in [-0.4, -0.2) is 48.9 Å². The molecule has 0 saturated carbocycles. The summed E-state index contributed by atoms with van der Waals surface area (Å²) in [5.74, 6) is 0.522. The summed E-state index contributed by atoms with van der Waals surface area (Å²) in [6.45, 7) is -0.0420. The fourth-order valence-corrected chi connectivity index (χ4v) is 2.71. The summed E-state index contributed by atoms with van der Waals surface area (Å²) in [5, 5.41) is 2.47. The van der Waals surface area contributed by atoms with Crippen LogP contribution in [0.5, 0.6) is 0 Å². The van der Waals surface area contributed by atoms with Crippen molar-refractivity contribution in [1.29, 1.82) is 0 Å². The molecular formula is C13H16IN3O6S. The number of nitrogens with one attached hydrogen (secondary N) is 2. The van der Waals surface area contributed by atoms with Crippen molar-refractivity contribution in [1.82, 2.24) is 14.9 Å². The Morgan fingerprint density at radius 2 is 2.33 bits per heavy atom. The predicted octanol–water partition coefficient (Wildman–Crippen LogP) is 0.790. The van der Waals surface area contributed by atoms with E-state index in [-0.39, 0.29) is 29.5 Å². The largest absolute Gasteiger partial charge is 0.494 e. The van der Waals surface area contributed by atoms with Crippen LogP contribution >= 0.6 is 35.2 Å². The number of carbonyl (C=O) groups excluding carboxylic acids is 1. The van der Waals surface area contributed by atoms with E-state index >= 15 is 0 Å². The second-order valence-corrected chi connectivity index (χ2v) is 5.69. The molecule has 24 heavy (non-hydrogen) atoms. The molecule has 2 rings (SSSR count). The summed E-state index contributed by atoms with van der Waals surface area (Å²) in [5.41, 5.74) is -0.326. The quantitative estimate of drug-likeness (QED) is 0.450. The number of hydrogen-bond acceptors (Lipinski definition) is 7. The highest BCUT2D eigenvalue weighted by Gasteiger charge is 2.40. The lowest BCUT2D eigenvalue weighted by Crippen LogP contribution is -2.32. The molecule has 2 atom stereocenters. The van der Waals surface area contributed by atoms with E-state index in [4.69, 9.17) is 29.5 Å². The molecule has 0 radical (unpaired) electrons. The van der Waals surface area contributed by atoms with Gasteiger partial charge < -0.3 is 22.6 Å². The van der Waals surface area contributed by atoms with Crippen molar-refractivity contribution < 1.29 is 22.1 Å². The molecule has 1 aromatic heterocycles. The minimum absolute atomic E-state index is 0.150. The molecule has 1 aliphatic heterocycles. The summed E-state index contributed by atoms with van der Waals surface area (Å²) in [4.78, 5) is 25.4. The minimum Gasteiger partial charge on any atom is -0.494 e. The topological polar surface area (TPSA) is 104 Å². The van der Waals surface area contributed by atoms with E-state index in [1.807, 2.05) is 0 Å². The molecule has 0 fully saturated rings. The van der Waals surface area contributed by atoms with Crippen LogP contribution in [-0.2, 0) is 22.1 Å². The fourth-order valence-electron chi connectivity index (χ4n) is 2.16. The molecule has 1 amide bonds. The van der Waals surface area contributed by atoms with Crippen molar-refractivity contribution in [3.8, 4) is 0 Å². The second-order valence-electron chi connectivity index (χ2n) is 4.68. The molecule has 1 aliphatic rings. The van der Waals surface area contributed by atoms with Crippen molar-refractivity contribution >= 4 is 41.1 Å². The number of H-pyrrole nitrogens is 1. The maximum atomic E-state index is 11.5. The lowest BCUT2D eigenvalue weighted by Gasteiger charge is -2.22. The van der Waals surface area contributed by atoms with Crippen molar-refractivity contribution in [3.05, 3.63) is 38.9 Å². The van der Waals surface area contributed by atoms with Gasteiger partial charge in [0.1, 0.15) is 36.2 Å². The molecule has 11 heteroatoms. The van der Waals surface area contributed by atoms with Gasteiger partial charge >= 0.3 is 0 Å². The zero-order valence-electron chi connectivity index (χ0n) is 12.9. The summed E-state index contributed by atoms with van der Waals surface area (Å²) >= 11 is 6.90. The molecule has 2 N–H and O–H groups in total. The van der Waals surface area contributed by atoms with Crippen LogP contribution in [0.15, 0.2) is 28.6 Å². The number of amides is 1. The van der Waals surface area contributed by atoms with Gasteiger partial charge in [-0.05, 0) is 12.2 Å². The van der Waals surface area contributed by atoms with Gasteiger partial charge in [0.15, 0.2) is 22.4 Å². The van der Waals surface area contributed by atoms with E-state index in [1.165, 1.54) is 31.0 Å². The molecule has 2 heterocycles. The molecule has 1 unspecified atom stereocenters. The zero-order valence-corrected chi connectivity index (χ0v) is 15.9. The molecule has 0 aromatic carbocycles. The number of carbonyl (C=O) groups is 1. The summed E-state index contributed by atoms with van der Waals surface area (Å²) in [7, 11) is 2.98. The average molecular weight is 469 g/mol. The van der Waals surface area contributed by atoms with Gasteiger partial charge in [-0.1, -0.05) is 0 Å². The molecular weight excluding hydrogens is 453 g/mol. The standard InChI is InChI=1S/C13H16IN3O6S/c1-15-9(19)6-21-11-10(20-2)7(5-22-14)23-12(11)17-4-3-8(18)16-13(17)24/h3-4,11-12H,5-6H2,1-2H3,(H,15,19)(H,16,18,24)/t11?,12-/m1/s1. The van der Waals surface area contributed by atoms with E-state index in [0.717, 1.165) is 0 Å². The molecule has 0 saturated heterocycles. The van der Waals surface area contributed by atoms with Gasteiger partial charge in [-0.2, -0.15) is 0 Å². The van der Waals surface area contributed by atoms with Crippen LogP contribution < -0.4 is 10.9 Å². The number of aromatic amines is 1. The average Bonchev–Trinajstić information content (AvgIpc) is 2.90. The first kappa shape index (κ1) is 18.9. The number of methoxy groups -OCH3 is 1. The zero-order chi connectivity index (χ0) is 17.7. The number of aromatic nitrogens is 2. The maximum absolute atomic E-state index is 11.5. The van der Waals surface area contributed by atoms with Gasteiger partial charge in [0, 0.05) is 19.3 Å². The Morgan fingerprint density at radius 3 is 2.92 bits per heavy atom. The Balaban J connectivity index is 2.36. The predicted molar refractivity (Wildman–Crippen MR) is 93.8 cm³/mol. The highest BCUT2D eigenvalue weighted by atomic mass is 127. The highest BCUT2D eigenvalue weighted by molar-refractivity contribution is 14.1. The van der Waals surface area contributed by atoms with Gasteiger partial charge in [0.2, 0.25) is 12.1 Å². The first-order valence-electron chi connectivity index (χ1n) is 6.82. The van der Waals surface area contributed by atoms with Crippen LogP contribution in [0.4, 0.5) is 0 Å². The summed E-state index contributed by atoms with van der Waals surface area (Å²) in [6.07, 6.45) is 0.0189. The molecule has 0 bridgehead atoms. The van der Waals surface area contributed by atoms with Gasteiger partial charge in [-0.3, -0.25) is 19.1 Å². The number of halogens is 1. The van der Waals surface area contributed by atoms with E-state index in [2.05, 4.69) is 10.3 Å². The monoisotopic (exact) mass is 469 g/mol. The Morgan fingerprint density at radius 1 is 1.58 bits per heavy atom. The van der Waals surface area contributed by atoms with Crippen molar-refractivity contribution in [2.75, 3.05) is 27.4 Å². The Labute approximate surface area is 156 Å². The normalized spacial score (nSPS) is 20.0. The molecule has 0 aliphatic carbocycles. The summed E-state index contributed by atoms with van der Waals surface area (Å²) < 4.78 is 23.6. The molecule has 9 nitrogen and oxygen atoms in total. The van der Waals surface area contributed by atoms with Crippen molar-refractivity contribution in [3.63, 3.8) is 0 Å². The SMILES string of the molecule is CNC(=O)COC1C(OC)=C(COI)O[C@H]1n1ccc(=O)[nH]c1=S. The van der Waals surface area contributed by atoms with Crippen LogP contribution in [0.25, 0.3) is 0 Å². The molecule has 1 aromatic rings. The van der Waals surface area contributed by atoms with Crippen LogP contribution in [0.1, 0.15) is 6.23 Å². The van der Waals surface area contributed by atoms with Gasteiger partial charge in [0.25, 0.3) is 5.56 Å². The lowest BCUT2D eigenvalue weighted by atomic mass is 10.2. The third-order valence-corrected chi connectivity index (χ3v) is 3.88. The van der Waals surface area contributed by atoms with E-state index in [0.29, 0.717) is 11.5 Å². The van der Waals surface area contributed by atoms with Crippen molar-refractivity contribution in [2.45, 2.75) is 12.3 Å². The fraction of sp³-hybridized carbons (Fsp3) is 0.462. The van der Waals surface area contributed by atoms with E-state index in [9.17, 15) is 9.59 Å². The first-order valence-corrected chi connectivity index (χ1v) is 8.11. The minimum atomic E-state index is -0.740.